The lowest BCUT2D eigenvalue weighted by atomic mass is 9.44. The number of hydrogen-bond donors (Lipinski definition) is 1. The van der Waals surface area contributed by atoms with E-state index in [2.05, 4.69) is 37.4 Å². The molecule has 1 unspecified atom stereocenters. The molecule has 0 aromatic carbocycles. The Balaban J connectivity index is 1.54. The number of aliphatic hydroxyl groups is 1. The van der Waals surface area contributed by atoms with Gasteiger partial charge < -0.3 is 9.84 Å². The summed E-state index contributed by atoms with van der Waals surface area (Å²) < 4.78 is 7.37. The Hall–Kier alpha value is -3.39. The first kappa shape index (κ1) is 28.1. The molecule has 40 heavy (non-hydrogen) atoms. The molecule has 2 heterocycles. The number of rotatable bonds is 5. The third-order valence-corrected chi connectivity index (χ3v) is 10.7. The normalized spacial score (nSPS) is 37.4. The molecule has 0 radical (unpaired) electrons. The number of pyridine rings is 2. The molecule has 212 valence electrons. The summed E-state index contributed by atoms with van der Waals surface area (Å²) in [7, 11) is 0. The molecule has 2 aromatic rings. The van der Waals surface area contributed by atoms with Gasteiger partial charge in [-0.25, -0.2) is 9.47 Å². The van der Waals surface area contributed by atoms with Crippen molar-refractivity contribution in [3.05, 3.63) is 77.0 Å². The number of ether oxygens (including phenoxy) is 1. The second-order valence-corrected chi connectivity index (χ2v) is 12.6. The van der Waals surface area contributed by atoms with Crippen LogP contribution < -0.4 is 5.56 Å². The Labute approximate surface area is 235 Å². The van der Waals surface area contributed by atoms with Crippen LogP contribution in [0.15, 0.2) is 65.4 Å². The average Bonchev–Trinajstić information content (AvgIpc) is 3.31. The second-order valence-electron chi connectivity index (χ2n) is 12.6. The van der Waals surface area contributed by atoms with Crippen molar-refractivity contribution in [1.82, 2.24) is 9.66 Å². The maximum Gasteiger partial charge on any atom is 0.344 e. The number of carbonyl (C=O) groups is 2. The minimum absolute atomic E-state index is 0.0958. The molecule has 2 bridgehead atoms. The Morgan fingerprint density at radius 3 is 2.70 bits per heavy atom. The topological polar surface area (TPSA) is 111 Å². The smallest absolute Gasteiger partial charge is 0.344 e. The van der Waals surface area contributed by atoms with Gasteiger partial charge >= 0.3 is 5.97 Å². The molecule has 3 aliphatic carbocycles. The third kappa shape index (κ3) is 4.28. The van der Waals surface area contributed by atoms with E-state index < -0.39 is 34.6 Å². The van der Waals surface area contributed by atoms with Crippen molar-refractivity contribution < 1.29 is 19.4 Å². The number of esters is 1. The minimum Gasteiger partial charge on any atom is -0.458 e. The Bertz CT molecular complexity index is 1400. The molecule has 8 atom stereocenters. The van der Waals surface area contributed by atoms with E-state index in [-0.39, 0.29) is 34.5 Å². The highest BCUT2D eigenvalue weighted by Crippen LogP contribution is 2.68. The zero-order valence-electron chi connectivity index (χ0n) is 23.7. The highest BCUT2D eigenvalue weighted by atomic mass is 16.5. The summed E-state index contributed by atoms with van der Waals surface area (Å²) in [6, 6.07) is 6.58. The molecule has 8 nitrogen and oxygen atoms in total. The molecule has 3 aliphatic rings. The SMILES string of the molecule is C=C[C@]1(C)C[C@@H](OC(=O)c2cccn(/N=C/c3cccnc3)c2=O)[C@@]2(C)C3C(=O)CC[C@@]3(CC[C@H]2C)[C@@H](C)[C@@H]1O. The van der Waals surface area contributed by atoms with E-state index in [1.54, 1.807) is 36.7 Å². The molecule has 1 N–H and O–H groups in total. The largest absolute Gasteiger partial charge is 0.458 e. The monoisotopic (exact) mass is 545 g/mol. The first-order valence-corrected chi connectivity index (χ1v) is 14.2. The van der Waals surface area contributed by atoms with Gasteiger partial charge in [0, 0.05) is 47.3 Å². The number of hydrogen-bond acceptors (Lipinski definition) is 7. The molecule has 3 fully saturated rings. The lowest BCUT2D eigenvalue weighted by Crippen LogP contribution is -2.63. The Morgan fingerprint density at radius 2 is 2.00 bits per heavy atom. The lowest BCUT2D eigenvalue weighted by Gasteiger charge is -2.61. The van der Waals surface area contributed by atoms with Crippen LogP contribution >= 0.6 is 0 Å². The van der Waals surface area contributed by atoms with Gasteiger partial charge in [0.15, 0.2) is 0 Å². The van der Waals surface area contributed by atoms with Gasteiger partial charge in [-0.05, 0) is 61.1 Å². The second kappa shape index (κ2) is 10.2. The van der Waals surface area contributed by atoms with Gasteiger partial charge in [0.05, 0.1) is 12.3 Å². The first-order chi connectivity index (χ1) is 19.0. The molecule has 3 saturated carbocycles. The van der Waals surface area contributed by atoms with E-state index in [0.717, 1.165) is 23.9 Å². The van der Waals surface area contributed by atoms with E-state index in [9.17, 15) is 19.5 Å². The predicted molar refractivity (Wildman–Crippen MR) is 152 cm³/mol. The summed E-state index contributed by atoms with van der Waals surface area (Å²) >= 11 is 0. The molecule has 0 saturated heterocycles. The maximum absolute atomic E-state index is 13.7. The number of Topliss-reactive ketones (excluding diaryl/α,β-unsaturated/α-hetero) is 1. The summed E-state index contributed by atoms with van der Waals surface area (Å²) in [6.45, 7) is 12.3. The van der Waals surface area contributed by atoms with Crippen molar-refractivity contribution >= 4 is 18.0 Å². The molecule has 5 rings (SSSR count). The van der Waals surface area contributed by atoms with Crippen molar-refractivity contribution in [3.8, 4) is 0 Å². The van der Waals surface area contributed by atoms with E-state index in [1.165, 1.54) is 18.5 Å². The van der Waals surface area contributed by atoms with Crippen molar-refractivity contribution in [3.63, 3.8) is 0 Å². The fourth-order valence-electron chi connectivity index (χ4n) is 8.00. The van der Waals surface area contributed by atoms with Crippen molar-refractivity contribution in [2.24, 2.45) is 39.1 Å². The van der Waals surface area contributed by atoms with Crippen LogP contribution in [0.1, 0.15) is 75.7 Å². The molecular formula is C32H39N3O5. The number of carbonyl (C=O) groups excluding carboxylic acids is 2. The molecule has 8 heteroatoms. The molecule has 0 aliphatic heterocycles. The summed E-state index contributed by atoms with van der Waals surface area (Å²) in [4.78, 5) is 44.6. The van der Waals surface area contributed by atoms with Gasteiger partial charge in [0.25, 0.3) is 5.56 Å². The van der Waals surface area contributed by atoms with E-state index in [0.29, 0.717) is 18.4 Å². The number of ketones is 1. The fraction of sp³-hybridized carbons (Fsp3) is 0.531. The summed E-state index contributed by atoms with van der Waals surface area (Å²) in [5.41, 5.74) is -1.82. The van der Waals surface area contributed by atoms with Crippen LogP contribution in [0.2, 0.25) is 0 Å². The number of nitrogens with zero attached hydrogens (tertiary/aromatic N) is 3. The van der Waals surface area contributed by atoms with Crippen molar-refractivity contribution in [2.75, 3.05) is 0 Å². The van der Waals surface area contributed by atoms with Crippen molar-refractivity contribution in [1.29, 1.82) is 0 Å². The fourth-order valence-corrected chi connectivity index (χ4v) is 8.00. The molecular weight excluding hydrogens is 506 g/mol. The highest BCUT2D eigenvalue weighted by Gasteiger charge is 2.68. The van der Waals surface area contributed by atoms with Crippen LogP contribution in [0, 0.1) is 34.0 Å². The van der Waals surface area contributed by atoms with Gasteiger partial charge in [0.1, 0.15) is 17.5 Å². The van der Waals surface area contributed by atoms with E-state index in [4.69, 9.17) is 4.74 Å². The average molecular weight is 546 g/mol. The zero-order valence-corrected chi connectivity index (χ0v) is 23.7. The first-order valence-electron chi connectivity index (χ1n) is 14.2. The zero-order chi connectivity index (χ0) is 28.9. The number of aromatic nitrogens is 2. The van der Waals surface area contributed by atoms with E-state index in [1.807, 2.05) is 6.92 Å². The van der Waals surface area contributed by atoms with Crippen LogP contribution in [-0.2, 0) is 9.53 Å². The van der Waals surface area contributed by atoms with Crippen LogP contribution in [0.5, 0.6) is 0 Å². The van der Waals surface area contributed by atoms with Crippen LogP contribution in [0.3, 0.4) is 0 Å². The number of aliphatic hydroxyl groups excluding tert-OH is 1. The lowest BCUT2D eigenvalue weighted by molar-refractivity contribution is -0.192. The highest BCUT2D eigenvalue weighted by molar-refractivity contribution is 5.89. The van der Waals surface area contributed by atoms with Crippen LogP contribution in [-0.4, -0.2) is 44.9 Å². The summed E-state index contributed by atoms with van der Waals surface area (Å²) in [5, 5.41) is 15.9. The molecule has 2 aromatic heterocycles. The van der Waals surface area contributed by atoms with Crippen LogP contribution in [0.25, 0.3) is 0 Å². The quantitative estimate of drug-likeness (QED) is 0.333. The summed E-state index contributed by atoms with van der Waals surface area (Å²) in [5.74, 6) is -0.932. The van der Waals surface area contributed by atoms with Crippen molar-refractivity contribution in [2.45, 2.75) is 72.0 Å². The van der Waals surface area contributed by atoms with Gasteiger partial charge in [-0.3, -0.25) is 14.6 Å². The van der Waals surface area contributed by atoms with Crippen LogP contribution in [0.4, 0.5) is 0 Å². The van der Waals surface area contributed by atoms with Gasteiger partial charge in [-0.1, -0.05) is 39.8 Å². The summed E-state index contributed by atoms with van der Waals surface area (Å²) in [6.07, 6.45) is 9.74. The predicted octanol–water partition coefficient (Wildman–Crippen LogP) is 4.65. The standard InChI is InChI=1S/C32H39N3O5/c1-6-30(4)17-25(31(5)20(2)11-13-32(21(3)27(30)37)14-12-24(36)26(31)32)40-29(39)23-10-8-16-35(28(23)38)34-19-22-9-7-15-33-18-22/h6-10,15-16,18-21,25-27,37H,1,11-14,17H2,2-5H3/b34-19+/t20-,21+,25-,26?,27+,30-,31+,32+/m1/s1. The van der Waals surface area contributed by atoms with Gasteiger partial charge in [-0.15, -0.1) is 6.58 Å². The Morgan fingerprint density at radius 1 is 1.23 bits per heavy atom. The maximum atomic E-state index is 13.7. The van der Waals surface area contributed by atoms with Gasteiger partial charge in [-0.2, -0.15) is 5.10 Å². The van der Waals surface area contributed by atoms with E-state index >= 15 is 0 Å². The third-order valence-electron chi connectivity index (χ3n) is 10.7. The Kier molecular flexibility index (Phi) is 7.19. The minimum atomic E-state index is -0.759. The molecule has 0 spiro atoms. The molecule has 0 amide bonds. The van der Waals surface area contributed by atoms with Gasteiger partial charge in [0.2, 0.25) is 0 Å².